The fraction of sp³-hybridized carbons (Fsp3) is 0.417. The molecular formula is C24H29N7O3. The number of amides is 2. The lowest BCUT2D eigenvalue weighted by molar-refractivity contribution is -0.00622. The van der Waals surface area contributed by atoms with Gasteiger partial charge in [0.25, 0.3) is 0 Å². The molecule has 1 atom stereocenters. The van der Waals surface area contributed by atoms with Crippen LogP contribution in [-0.4, -0.2) is 91.6 Å². The zero-order chi connectivity index (χ0) is 23.3. The number of carbonyl (C=O) groups is 1. The molecule has 1 unspecified atom stereocenters. The molecule has 34 heavy (non-hydrogen) atoms. The second-order valence-electron chi connectivity index (χ2n) is 8.30. The largest absolute Gasteiger partial charge is 0.378 e. The summed E-state index contributed by atoms with van der Waals surface area (Å²) < 4.78 is 11.3. The van der Waals surface area contributed by atoms with Crippen LogP contribution in [0.1, 0.15) is 0 Å². The molecule has 3 aromatic rings. The Kier molecular flexibility index (Phi) is 6.68. The Labute approximate surface area is 198 Å². The van der Waals surface area contributed by atoms with Gasteiger partial charge in [0.2, 0.25) is 0 Å². The Balaban J connectivity index is 1.36. The topological polar surface area (TPSA) is 105 Å². The van der Waals surface area contributed by atoms with E-state index in [1.807, 2.05) is 6.07 Å². The summed E-state index contributed by atoms with van der Waals surface area (Å²) in [5, 5.41) is 6.06. The molecule has 10 nitrogen and oxygen atoms in total. The number of ether oxygens (including phenoxy) is 2. The number of fused-ring (bicyclic) bond motifs is 1. The predicted octanol–water partition coefficient (Wildman–Crippen LogP) is 1.98. The van der Waals surface area contributed by atoms with Crippen LogP contribution in [0, 0.1) is 0 Å². The summed E-state index contributed by atoms with van der Waals surface area (Å²) in [6, 6.07) is 10.3. The van der Waals surface area contributed by atoms with Crippen LogP contribution in [0.25, 0.3) is 22.3 Å². The van der Waals surface area contributed by atoms with E-state index in [-0.39, 0.29) is 12.1 Å². The van der Waals surface area contributed by atoms with Crippen molar-refractivity contribution in [1.82, 2.24) is 25.2 Å². The number of hydrogen-bond acceptors (Lipinski definition) is 8. The first kappa shape index (κ1) is 22.3. The van der Waals surface area contributed by atoms with Gasteiger partial charge in [-0.3, -0.25) is 4.98 Å². The number of rotatable bonds is 5. The third-order valence-electron chi connectivity index (χ3n) is 6.13. The average molecular weight is 464 g/mol. The van der Waals surface area contributed by atoms with Gasteiger partial charge in [-0.25, -0.2) is 14.8 Å². The number of pyridine rings is 1. The van der Waals surface area contributed by atoms with Crippen LogP contribution in [-0.2, 0) is 9.47 Å². The number of nitrogens with zero attached hydrogens (tertiary/aromatic N) is 5. The Hall–Kier alpha value is -3.50. The minimum atomic E-state index is -0.143. The first-order valence-corrected chi connectivity index (χ1v) is 11.6. The molecule has 2 aliphatic rings. The zero-order valence-electron chi connectivity index (χ0n) is 19.2. The van der Waals surface area contributed by atoms with Gasteiger partial charge >= 0.3 is 6.03 Å². The van der Waals surface area contributed by atoms with Crippen molar-refractivity contribution in [2.75, 3.05) is 69.8 Å². The molecule has 1 aromatic carbocycles. The zero-order valence-corrected chi connectivity index (χ0v) is 19.2. The molecule has 0 aliphatic carbocycles. The maximum atomic E-state index is 12.0. The quantitative estimate of drug-likeness (QED) is 0.592. The molecule has 0 radical (unpaired) electrons. The van der Waals surface area contributed by atoms with Crippen LogP contribution < -0.4 is 15.5 Å². The SMILES string of the molecule is CNC(=O)N1CCOC(CNc2nc(-c3ccc(N4CCOCC4)cc3)cc3nccnc23)C1. The Morgan fingerprint density at radius 1 is 1.09 bits per heavy atom. The van der Waals surface area contributed by atoms with E-state index in [2.05, 4.69) is 49.8 Å². The van der Waals surface area contributed by atoms with Crippen molar-refractivity contribution in [3.8, 4) is 11.3 Å². The highest BCUT2D eigenvalue weighted by atomic mass is 16.5. The molecule has 2 fully saturated rings. The Morgan fingerprint density at radius 3 is 2.68 bits per heavy atom. The fourth-order valence-electron chi connectivity index (χ4n) is 4.30. The van der Waals surface area contributed by atoms with Crippen LogP contribution >= 0.6 is 0 Å². The molecule has 178 valence electrons. The monoisotopic (exact) mass is 463 g/mol. The third-order valence-corrected chi connectivity index (χ3v) is 6.13. The van der Waals surface area contributed by atoms with Crippen molar-refractivity contribution in [2.24, 2.45) is 0 Å². The highest BCUT2D eigenvalue weighted by molar-refractivity contribution is 5.88. The van der Waals surface area contributed by atoms with Crippen LogP contribution in [0.15, 0.2) is 42.7 Å². The van der Waals surface area contributed by atoms with Gasteiger partial charge in [0, 0.05) is 56.9 Å². The van der Waals surface area contributed by atoms with Crippen molar-refractivity contribution in [3.63, 3.8) is 0 Å². The maximum absolute atomic E-state index is 12.0. The second-order valence-corrected chi connectivity index (χ2v) is 8.30. The molecule has 0 saturated carbocycles. The lowest BCUT2D eigenvalue weighted by atomic mass is 10.1. The fourth-order valence-corrected chi connectivity index (χ4v) is 4.30. The van der Waals surface area contributed by atoms with Crippen LogP contribution in [0.3, 0.4) is 0 Å². The van der Waals surface area contributed by atoms with Crippen molar-refractivity contribution >= 4 is 28.6 Å². The van der Waals surface area contributed by atoms with E-state index in [4.69, 9.17) is 14.5 Å². The molecule has 2 N–H and O–H groups in total. The van der Waals surface area contributed by atoms with Crippen molar-refractivity contribution in [1.29, 1.82) is 0 Å². The van der Waals surface area contributed by atoms with Crippen LogP contribution in [0.4, 0.5) is 16.3 Å². The average Bonchev–Trinajstić information content (AvgIpc) is 2.92. The van der Waals surface area contributed by atoms with Gasteiger partial charge in [0.15, 0.2) is 5.82 Å². The summed E-state index contributed by atoms with van der Waals surface area (Å²) >= 11 is 0. The van der Waals surface area contributed by atoms with E-state index in [9.17, 15) is 4.79 Å². The van der Waals surface area contributed by atoms with Crippen molar-refractivity contribution < 1.29 is 14.3 Å². The molecule has 0 bridgehead atoms. The summed E-state index contributed by atoms with van der Waals surface area (Å²) in [5.74, 6) is 0.651. The first-order valence-electron chi connectivity index (χ1n) is 11.6. The Bertz CT molecular complexity index is 1140. The van der Waals surface area contributed by atoms with E-state index in [1.54, 1.807) is 24.3 Å². The molecule has 2 amide bonds. The molecular weight excluding hydrogens is 434 g/mol. The number of benzene rings is 1. The third kappa shape index (κ3) is 4.87. The smallest absolute Gasteiger partial charge is 0.317 e. The summed E-state index contributed by atoms with van der Waals surface area (Å²) in [5.41, 5.74) is 4.48. The summed E-state index contributed by atoms with van der Waals surface area (Å²) in [7, 11) is 1.64. The van der Waals surface area contributed by atoms with Crippen molar-refractivity contribution in [2.45, 2.75) is 6.10 Å². The highest BCUT2D eigenvalue weighted by Gasteiger charge is 2.24. The molecule has 0 spiro atoms. The van der Waals surface area contributed by atoms with Gasteiger partial charge in [0.1, 0.15) is 5.52 Å². The first-order chi connectivity index (χ1) is 16.7. The van der Waals surface area contributed by atoms with Gasteiger partial charge in [-0.1, -0.05) is 12.1 Å². The normalized spacial score (nSPS) is 18.7. The predicted molar refractivity (Wildman–Crippen MR) is 130 cm³/mol. The summed E-state index contributed by atoms with van der Waals surface area (Å²) in [6.45, 7) is 5.42. The minimum absolute atomic E-state index is 0.0923. The van der Waals surface area contributed by atoms with E-state index in [0.717, 1.165) is 43.1 Å². The molecule has 2 aromatic heterocycles. The number of anilines is 2. The molecule has 10 heteroatoms. The van der Waals surface area contributed by atoms with Crippen LogP contribution in [0.2, 0.25) is 0 Å². The lowest BCUT2D eigenvalue weighted by Crippen LogP contribution is -2.50. The van der Waals surface area contributed by atoms with Crippen molar-refractivity contribution in [3.05, 3.63) is 42.7 Å². The maximum Gasteiger partial charge on any atom is 0.317 e. The van der Waals surface area contributed by atoms with Gasteiger partial charge < -0.3 is 29.9 Å². The number of morpholine rings is 2. The van der Waals surface area contributed by atoms with Gasteiger partial charge in [-0.2, -0.15) is 0 Å². The number of nitrogens with one attached hydrogen (secondary N) is 2. The number of carbonyl (C=O) groups excluding carboxylic acids is 1. The molecule has 4 heterocycles. The van der Waals surface area contributed by atoms with E-state index >= 15 is 0 Å². The van der Waals surface area contributed by atoms with Gasteiger partial charge in [-0.05, 0) is 18.2 Å². The number of hydrogen-bond donors (Lipinski definition) is 2. The van der Waals surface area contributed by atoms with E-state index in [0.29, 0.717) is 37.6 Å². The van der Waals surface area contributed by atoms with Gasteiger partial charge in [-0.15, -0.1) is 0 Å². The second kappa shape index (κ2) is 10.2. The lowest BCUT2D eigenvalue weighted by Gasteiger charge is -2.32. The molecule has 2 aliphatic heterocycles. The number of aromatic nitrogens is 3. The summed E-state index contributed by atoms with van der Waals surface area (Å²) in [4.78, 5) is 29.9. The Morgan fingerprint density at radius 2 is 1.88 bits per heavy atom. The van der Waals surface area contributed by atoms with E-state index in [1.165, 1.54) is 5.69 Å². The summed E-state index contributed by atoms with van der Waals surface area (Å²) in [6.07, 6.45) is 3.20. The molecule has 2 saturated heterocycles. The van der Waals surface area contributed by atoms with E-state index < -0.39 is 0 Å². The number of urea groups is 1. The standard InChI is InChI=1S/C24H29N7O3/c1-25-24(32)31-10-13-34-19(16-31)15-28-23-22-21(26-6-7-27-22)14-20(29-23)17-2-4-18(5-3-17)30-8-11-33-12-9-30/h2-7,14,19H,8-13,15-16H2,1H3,(H,25,32)(H,28,29). The van der Waals surface area contributed by atoms with Crippen LogP contribution in [0.5, 0.6) is 0 Å². The van der Waals surface area contributed by atoms with Gasteiger partial charge in [0.05, 0.1) is 43.7 Å². The molecule has 5 rings (SSSR count). The minimum Gasteiger partial charge on any atom is -0.378 e. The highest BCUT2D eigenvalue weighted by Crippen LogP contribution is 2.27.